The molecular formula is C15H24N2. The summed E-state index contributed by atoms with van der Waals surface area (Å²) in [7, 11) is 0. The predicted molar refractivity (Wildman–Crippen MR) is 72.8 cm³/mol. The average Bonchev–Trinajstić information content (AvgIpc) is 2.34. The van der Waals surface area contributed by atoms with E-state index in [9.17, 15) is 0 Å². The fraction of sp³-hybridized carbons (Fsp3) is 0.600. The van der Waals surface area contributed by atoms with E-state index in [0.717, 1.165) is 5.92 Å². The highest BCUT2D eigenvalue weighted by Crippen LogP contribution is 2.38. The standard InChI is InChI=1S/C15H24N2/c1-2-3-4-8-14(17-16)11-13-10-12-7-5-6-9-15(12)13/h5-7,9,13-14,17H,2-4,8,10-11,16H2,1H3. The summed E-state index contributed by atoms with van der Waals surface area (Å²) in [4.78, 5) is 0. The number of hydrogen-bond donors (Lipinski definition) is 2. The summed E-state index contributed by atoms with van der Waals surface area (Å²) in [6.07, 6.45) is 7.53. The van der Waals surface area contributed by atoms with Gasteiger partial charge < -0.3 is 0 Å². The van der Waals surface area contributed by atoms with E-state index in [-0.39, 0.29) is 0 Å². The molecule has 3 N–H and O–H groups in total. The first-order valence-corrected chi connectivity index (χ1v) is 6.89. The molecule has 1 aromatic carbocycles. The van der Waals surface area contributed by atoms with Crippen LogP contribution < -0.4 is 11.3 Å². The van der Waals surface area contributed by atoms with E-state index in [0.29, 0.717) is 6.04 Å². The first kappa shape index (κ1) is 12.6. The lowest BCUT2D eigenvalue weighted by Gasteiger charge is -2.33. The monoisotopic (exact) mass is 232 g/mol. The van der Waals surface area contributed by atoms with Crippen LogP contribution in [0.5, 0.6) is 0 Å². The van der Waals surface area contributed by atoms with Gasteiger partial charge in [0.2, 0.25) is 0 Å². The van der Waals surface area contributed by atoms with Crippen LogP contribution in [-0.2, 0) is 6.42 Å². The van der Waals surface area contributed by atoms with Crippen LogP contribution in [0.2, 0.25) is 0 Å². The molecule has 2 rings (SSSR count). The van der Waals surface area contributed by atoms with Crippen molar-refractivity contribution < 1.29 is 0 Å². The largest absolute Gasteiger partial charge is 0.271 e. The van der Waals surface area contributed by atoms with Crippen LogP contribution in [0.25, 0.3) is 0 Å². The minimum absolute atomic E-state index is 0.486. The minimum Gasteiger partial charge on any atom is -0.271 e. The lowest BCUT2D eigenvalue weighted by Crippen LogP contribution is -2.37. The van der Waals surface area contributed by atoms with Crippen molar-refractivity contribution in [1.29, 1.82) is 0 Å². The van der Waals surface area contributed by atoms with E-state index < -0.39 is 0 Å². The second kappa shape index (κ2) is 6.18. The molecule has 0 aromatic heterocycles. The van der Waals surface area contributed by atoms with E-state index in [1.165, 1.54) is 44.1 Å². The molecule has 94 valence electrons. The summed E-state index contributed by atoms with van der Waals surface area (Å²) in [5.74, 6) is 6.38. The SMILES string of the molecule is CCCCCC(CC1Cc2ccccc21)NN. The average molecular weight is 232 g/mol. The smallest absolute Gasteiger partial charge is 0.0216 e. The van der Waals surface area contributed by atoms with Gasteiger partial charge in [0.25, 0.3) is 0 Å². The summed E-state index contributed by atoms with van der Waals surface area (Å²) in [5.41, 5.74) is 6.07. The van der Waals surface area contributed by atoms with Crippen molar-refractivity contribution in [3.05, 3.63) is 35.4 Å². The Balaban J connectivity index is 1.81. The van der Waals surface area contributed by atoms with E-state index in [4.69, 9.17) is 5.84 Å². The lowest BCUT2D eigenvalue weighted by molar-refractivity contribution is 0.392. The topological polar surface area (TPSA) is 38.0 Å². The van der Waals surface area contributed by atoms with Crippen LogP contribution in [0.1, 0.15) is 56.1 Å². The summed E-state index contributed by atoms with van der Waals surface area (Å²) in [6.45, 7) is 2.24. The molecule has 0 spiro atoms. The molecule has 0 amide bonds. The fourth-order valence-electron chi connectivity index (χ4n) is 2.83. The summed E-state index contributed by atoms with van der Waals surface area (Å²) < 4.78 is 0. The van der Waals surface area contributed by atoms with Crippen LogP contribution >= 0.6 is 0 Å². The van der Waals surface area contributed by atoms with Crippen molar-refractivity contribution in [3.63, 3.8) is 0 Å². The maximum Gasteiger partial charge on any atom is 0.0216 e. The van der Waals surface area contributed by atoms with Crippen molar-refractivity contribution in [2.24, 2.45) is 5.84 Å². The number of hydrogen-bond acceptors (Lipinski definition) is 2. The Morgan fingerprint density at radius 2 is 2.18 bits per heavy atom. The highest BCUT2D eigenvalue weighted by atomic mass is 15.2. The normalized spacial score (nSPS) is 19.5. The van der Waals surface area contributed by atoms with Gasteiger partial charge in [-0.15, -0.1) is 0 Å². The van der Waals surface area contributed by atoms with Gasteiger partial charge in [-0.3, -0.25) is 11.3 Å². The zero-order chi connectivity index (χ0) is 12.1. The molecule has 2 atom stereocenters. The van der Waals surface area contributed by atoms with Crippen LogP contribution in [-0.4, -0.2) is 6.04 Å². The molecule has 2 heteroatoms. The minimum atomic E-state index is 0.486. The number of rotatable bonds is 7. The number of fused-ring (bicyclic) bond motifs is 1. The molecule has 0 saturated carbocycles. The van der Waals surface area contributed by atoms with Gasteiger partial charge in [0.05, 0.1) is 0 Å². The van der Waals surface area contributed by atoms with Gasteiger partial charge in [-0.2, -0.15) is 0 Å². The molecule has 0 aliphatic heterocycles. The molecule has 17 heavy (non-hydrogen) atoms. The molecular weight excluding hydrogens is 208 g/mol. The van der Waals surface area contributed by atoms with Crippen LogP contribution in [0.4, 0.5) is 0 Å². The first-order chi connectivity index (χ1) is 8.35. The maximum atomic E-state index is 5.65. The van der Waals surface area contributed by atoms with Gasteiger partial charge in [-0.1, -0.05) is 50.5 Å². The lowest BCUT2D eigenvalue weighted by atomic mass is 9.74. The van der Waals surface area contributed by atoms with Crippen molar-refractivity contribution in [2.45, 2.75) is 57.4 Å². The number of nitrogens with one attached hydrogen (secondary N) is 1. The number of unbranched alkanes of at least 4 members (excludes halogenated alkanes) is 2. The van der Waals surface area contributed by atoms with Crippen molar-refractivity contribution in [2.75, 3.05) is 0 Å². The van der Waals surface area contributed by atoms with Crippen LogP contribution in [0.15, 0.2) is 24.3 Å². The summed E-state index contributed by atoms with van der Waals surface area (Å²) in [5, 5.41) is 0. The molecule has 0 saturated heterocycles. The quantitative estimate of drug-likeness (QED) is 0.430. The summed E-state index contributed by atoms with van der Waals surface area (Å²) in [6, 6.07) is 9.28. The van der Waals surface area contributed by atoms with Crippen molar-refractivity contribution in [1.82, 2.24) is 5.43 Å². The van der Waals surface area contributed by atoms with Crippen LogP contribution in [0, 0.1) is 0 Å². The molecule has 2 nitrogen and oxygen atoms in total. The van der Waals surface area contributed by atoms with E-state index in [1.807, 2.05) is 0 Å². The second-order valence-electron chi connectivity index (χ2n) is 5.19. The van der Waals surface area contributed by atoms with Gasteiger partial charge in [0.1, 0.15) is 0 Å². The van der Waals surface area contributed by atoms with Crippen molar-refractivity contribution >= 4 is 0 Å². The summed E-state index contributed by atoms with van der Waals surface area (Å²) >= 11 is 0. The Kier molecular flexibility index (Phi) is 4.57. The predicted octanol–water partition coefficient (Wildman–Crippen LogP) is 3.13. The fourth-order valence-corrected chi connectivity index (χ4v) is 2.83. The molecule has 0 radical (unpaired) electrons. The third-order valence-electron chi connectivity index (χ3n) is 3.92. The zero-order valence-electron chi connectivity index (χ0n) is 10.8. The zero-order valence-corrected chi connectivity index (χ0v) is 10.8. The van der Waals surface area contributed by atoms with Gasteiger partial charge in [-0.05, 0) is 36.3 Å². The molecule has 0 heterocycles. The first-order valence-electron chi connectivity index (χ1n) is 6.89. The highest BCUT2D eigenvalue weighted by molar-refractivity contribution is 5.39. The Bertz CT molecular complexity index is 349. The molecule has 0 bridgehead atoms. The number of nitrogens with two attached hydrogens (primary N) is 1. The van der Waals surface area contributed by atoms with Crippen molar-refractivity contribution in [3.8, 4) is 0 Å². The van der Waals surface area contributed by atoms with Gasteiger partial charge in [-0.25, -0.2) is 0 Å². The Morgan fingerprint density at radius 1 is 1.35 bits per heavy atom. The third kappa shape index (κ3) is 3.08. The van der Waals surface area contributed by atoms with E-state index in [1.54, 1.807) is 5.56 Å². The number of hydrazine groups is 1. The Labute approximate surface area is 105 Å². The van der Waals surface area contributed by atoms with Gasteiger partial charge >= 0.3 is 0 Å². The van der Waals surface area contributed by atoms with E-state index in [2.05, 4.69) is 36.6 Å². The second-order valence-corrected chi connectivity index (χ2v) is 5.19. The molecule has 1 aliphatic rings. The molecule has 2 unspecified atom stereocenters. The van der Waals surface area contributed by atoms with Gasteiger partial charge in [0.15, 0.2) is 0 Å². The third-order valence-corrected chi connectivity index (χ3v) is 3.92. The highest BCUT2D eigenvalue weighted by Gasteiger charge is 2.27. The van der Waals surface area contributed by atoms with Crippen LogP contribution in [0.3, 0.4) is 0 Å². The Morgan fingerprint density at radius 3 is 2.88 bits per heavy atom. The molecule has 1 aliphatic carbocycles. The van der Waals surface area contributed by atoms with Gasteiger partial charge in [0, 0.05) is 6.04 Å². The molecule has 1 aromatic rings. The molecule has 0 fully saturated rings. The maximum absolute atomic E-state index is 5.65. The Hall–Kier alpha value is -0.860. The van der Waals surface area contributed by atoms with E-state index >= 15 is 0 Å². The number of benzene rings is 1.